The zero-order chi connectivity index (χ0) is 23.0. The summed E-state index contributed by atoms with van der Waals surface area (Å²) >= 11 is 1.50. The second-order valence-electron chi connectivity index (χ2n) is 7.29. The van der Waals surface area contributed by atoms with E-state index in [1.807, 2.05) is 42.5 Å². The number of benzene rings is 3. The fourth-order valence-corrected chi connectivity index (χ4v) is 5.58. The fraction of sp³-hybridized carbons (Fsp3) is 0.0870. The van der Waals surface area contributed by atoms with Gasteiger partial charge >= 0.3 is 0 Å². The standard InChI is InChI=1S/C23H18N4O4S2/c1-27-18-12-11-15(13-20(18)32-19-10-6-5-9-17(19)23(27)28)22-25-21(31-26-22)14-24-33(29,30)16-7-3-2-4-8-16/h2-13,24H,14H2,1H3. The lowest BCUT2D eigenvalue weighted by Gasteiger charge is -2.17. The van der Waals surface area contributed by atoms with E-state index in [9.17, 15) is 13.2 Å². The topological polar surface area (TPSA) is 105 Å². The SMILES string of the molecule is CN1C(=O)c2ccccc2Sc2cc(-c3noc(CNS(=O)(=O)c4ccccc4)n3)ccc21. The lowest BCUT2D eigenvalue weighted by Crippen LogP contribution is -2.25. The zero-order valence-electron chi connectivity index (χ0n) is 17.4. The van der Waals surface area contributed by atoms with Crippen molar-refractivity contribution in [3.05, 3.63) is 84.3 Å². The lowest BCUT2D eigenvalue weighted by molar-refractivity contribution is 0.0990. The number of carbonyl (C=O) groups excluding carboxylic acids is 1. The number of carbonyl (C=O) groups is 1. The highest BCUT2D eigenvalue weighted by Gasteiger charge is 2.25. The van der Waals surface area contributed by atoms with E-state index in [4.69, 9.17) is 4.52 Å². The minimum atomic E-state index is -3.69. The van der Waals surface area contributed by atoms with Crippen LogP contribution in [0.3, 0.4) is 0 Å². The highest BCUT2D eigenvalue weighted by molar-refractivity contribution is 7.99. The third-order valence-electron chi connectivity index (χ3n) is 5.16. The van der Waals surface area contributed by atoms with Crippen molar-refractivity contribution in [3.8, 4) is 11.4 Å². The van der Waals surface area contributed by atoms with Gasteiger partial charge in [0.2, 0.25) is 21.7 Å². The van der Waals surface area contributed by atoms with Gasteiger partial charge in [-0.2, -0.15) is 4.98 Å². The summed E-state index contributed by atoms with van der Waals surface area (Å²) in [6.45, 7) is -0.130. The van der Waals surface area contributed by atoms with Crippen LogP contribution in [0.4, 0.5) is 5.69 Å². The molecule has 3 aromatic carbocycles. The molecule has 1 amide bonds. The van der Waals surface area contributed by atoms with Gasteiger partial charge in [-0.25, -0.2) is 13.1 Å². The molecule has 33 heavy (non-hydrogen) atoms. The predicted octanol–water partition coefficient (Wildman–Crippen LogP) is 3.96. The van der Waals surface area contributed by atoms with Gasteiger partial charge in [0.15, 0.2) is 0 Å². The van der Waals surface area contributed by atoms with Crippen LogP contribution in [-0.4, -0.2) is 31.5 Å². The molecule has 0 unspecified atom stereocenters. The smallest absolute Gasteiger partial charge is 0.259 e. The maximum atomic E-state index is 12.8. The van der Waals surface area contributed by atoms with Gasteiger partial charge in [0.05, 0.1) is 22.7 Å². The van der Waals surface area contributed by atoms with Crippen LogP contribution in [0.1, 0.15) is 16.2 Å². The minimum absolute atomic E-state index is 0.0721. The molecule has 0 atom stereocenters. The summed E-state index contributed by atoms with van der Waals surface area (Å²) in [7, 11) is -1.94. The van der Waals surface area contributed by atoms with Crippen molar-refractivity contribution in [2.45, 2.75) is 21.2 Å². The summed E-state index contributed by atoms with van der Waals surface area (Å²) in [6.07, 6.45) is 0. The molecule has 8 nitrogen and oxygen atoms in total. The molecular formula is C23H18N4O4S2. The van der Waals surface area contributed by atoms with Crippen LogP contribution in [-0.2, 0) is 16.6 Å². The summed E-state index contributed by atoms with van der Waals surface area (Å²) in [5.74, 6) is 0.403. The van der Waals surface area contributed by atoms with E-state index in [-0.39, 0.29) is 23.2 Å². The Labute approximate surface area is 194 Å². The zero-order valence-corrected chi connectivity index (χ0v) is 19.1. The third-order valence-corrected chi connectivity index (χ3v) is 7.70. The molecule has 0 spiro atoms. The van der Waals surface area contributed by atoms with E-state index in [1.54, 1.807) is 30.1 Å². The first-order valence-corrected chi connectivity index (χ1v) is 12.3. The van der Waals surface area contributed by atoms with Gasteiger partial charge in [-0.3, -0.25) is 4.79 Å². The maximum Gasteiger partial charge on any atom is 0.259 e. The van der Waals surface area contributed by atoms with Gasteiger partial charge in [0.25, 0.3) is 5.91 Å². The van der Waals surface area contributed by atoms with Crippen LogP contribution in [0.2, 0.25) is 0 Å². The molecule has 0 fully saturated rings. The largest absolute Gasteiger partial charge is 0.338 e. The summed E-state index contributed by atoms with van der Waals surface area (Å²) in [4.78, 5) is 20.7. The highest BCUT2D eigenvalue weighted by Crippen LogP contribution is 2.42. The molecule has 166 valence electrons. The molecule has 5 rings (SSSR count). The van der Waals surface area contributed by atoms with Gasteiger partial charge < -0.3 is 9.42 Å². The Balaban J connectivity index is 1.39. The monoisotopic (exact) mass is 478 g/mol. The van der Waals surface area contributed by atoms with E-state index in [0.717, 1.165) is 15.5 Å². The number of amides is 1. The molecule has 0 bridgehead atoms. The van der Waals surface area contributed by atoms with Crippen molar-refractivity contribution < 1.29 is 17.7 Å². The second-order valence-corrected chi connectivity index (χ2v) is 10.1. The highest BCUT2D eigenvalue weighted by atomic mass is 32.2. The van der Waals surface area contributed by atoms with Gasteiger partial charge in [0, 0.05) is 22.4 Å². The number of nitrogens with one attached hydrogen (secondary N) is 1. The summed E-state index contributed by atoms with van der Waals surface area (Å²) in [5, 5.41) is 4.00. The predicted molar refractivity (Wildman–Crippen MR) is 124 cm³/mol. The van der Waals surface area contributed by atoms with Gasteiger partial charge in [-0.1, -0.05) is 47.3 Å². The number of hydrogen-bond acceptors (Lipinski definition) is 7. The van der Waals surface area contributed by atoms with E-state index in [1.165, 1.54) is 23.9 Å². The molecule has 0 radical (unpaired) electrons. The first-order chi connectivity index (χ1) is 15.9. The van der Waals surface area contributed by atoms with Crippen molar-refractivity contribution in [2.75, 3.05) is 11.9 Å². The quantitative estimate of drug-likeness (QED) is 0.463. The van der Waals surface area contributed by atoms with E-state index in [2.05, 4.69) is 14.9 Å². The number of fused-ring (bicyclic) bond motifs is 2. The van der Waals surface area contributed by atoms with Crippen LogP contribution < -0.4 is 9.62 Å². The van der Waals surface area contributed by atoms with Gasteiger partial charge in [0.1, 0.15) is 0 Å². The number of aromatic nitrogens is 2. The van der Waals surface area contributed by atoms with Crippen molar-refractivity contribution in [3.63, 3.8) is 0 Å². The molecule has 2 heterocycles. The molecule has 0 saturated carbocycles. The van der Waals surface area contributed by atoms with E-state index < -0.39 is 10.0 Å². The van der Waals surface area contributed by atoms with Crippen molar-refractivity contribution in [2.24, 2.45) is 0 Å². The van der Waals surface area contributed by atoms with Crippen LogP contribution in [0, 0.1) is 0 Å². The van der Waals surface area contributed by atoms with Crippen molar-refractivity contribution in [1.82, 2.24) is 14.9 Å². The summed E-state index contributed by atoms with van der Waals surface area (Å²) in [5.41, 5.74) is 2.13. The number of rotatable bonds is 5. The summed E-state index contributed by atoms with van der Waals surface area (Å²) in [6, 6.07) is 21.1. The first-order valence-electron chi connectivity index (χ1n) is 9.99. The molecular weight excluding hydrogens is 460 g/mol. The number of hydrogen-bond donors (Lipinski definition) is 1. The van der Waals surface area contributed by atoms with Gasteiger partial charge in [-0.15, -0.1) is 0 Å². The summed E-state index contributed by atoms with van der Waals surface area (Å²) < 4.78 is 32.5. The van der Waals surface area contributed by atoms with Gasteiger partial charge in [-0.05, 0) is 42.5 Å². The Bertz CT molecular complexity index is 1450. The van der Waals surface area contributed by atoms with Crippen molar-refractivity contribution >= 4 is 33.4 Å². The Morgan fingerprint density at radius 1 is 1.00 bits per heavy atom. The van der Waals surface area contributed by atoms with Crippen LogP contribution in [0.25, 0.3) is 11.4 Å². The fourth-order valence-electron chi connectivity index (χ4n) is 3.44. The number of nitrogens with zero attached hydrogens (tertiary/aromatic N) is 3. The van der Waals surface area contributed by atoms with E-state index >= 15 is 0 Å². The molecule has 4 aromatic rings. The van der Waals surface area contributed by atoms with Crippen LogP contribution >= 0.6 is 11.8 Å². The third kappa shape index (κ3) is 4.15. The second kappa shape index (κ2) is 8.47. The molecule has 1 N–H and O–H groups in total. The Morgan fingerprint density at radius 2 is 1.76 bits per heavy atom. The molecule has 1 aliphatic heterocycles. The number of sulfonamides is 1. The molecule has 1 aliphatic rings. The Morgan fingerprint density at radius 3 is 2.58 bits per heavy atom. The Hall–Kier alpha value is -3.47. The molecule has 0 saturated heterocycles. The molecule has 1 aromatic heterocycles. The molecule has 10 heteroatoms. The number of anilines is 1. The average Bonchev–Trinajstić information content (AvgIpc) is 3.28. The average molecular weight is 479 g/mol. The van der Waals surface area contributed by atoms with E-state index in [0.29, 0.717) is 17.0 Å². The Kier molecular flexibility index (Phi) is 5.49. The maximum absolute atomic E-state index is 12.8. The normalized spacial score (nSPS) is 13.4. The molecule has 0 aliphatic carbocycles. The minimum Gasteiger partial charge on any atom is -0.338 e. The lowest BCUT2D eigenvalue weighted by atomic mass is 10.1. The first kappa shape index (κ1) is 21.4. The van der Waals surface area contributed by atoms with Crippen molar-refractivity contribution in [1.29, 1.82) is 0 Å². The van der Waals surface area contributed by atoms with Crippen LogP contribution in [0.5, 0.6) is 0 Å². The van der Waals surface area contributed by atoms with Crippen LogP contribution in [0.15, 0.2) is 92.0 Å².